The molecule has 0 aromatic heterocycles. The number of aliphatic hydroxyl groups excluding tert-OH is 3. The van der Waals surface area contributed by atoms with E-state index in [2.05, 4.69) is 15.5 Å². The lowest BCUT2D eigenvalue weighted by molar-refractivity contribution is -0.206. The zero-order valence-corrected chi connectivity index (χ0v) is 31.9. The van der Waals surface area contributed by atoms with Crippen LogP contribution in [0.5, 0.6) is 5.75 Å². The number of likely N-dealkylation sites (N-methyl/N-ethyl adjacent to an activating group) is 1. The van der Waals surface area contributed by atoms with Crippen LogP contribution in [0.15, 0.2) is 84.6 Å². The van der Waals surface area contributed by atoms with Gasteiger partial charge in [0.15, 0.2) is 18.3 Å². The third-order valence-electron chi connectivity index (χ3n) is 11.2. The molecule has 59 heavy (non-hydrogen) atoms. The fourth-order valence-electron chi connectivity index (χ4n) is 8.58. The highest BCUT2D eigenvalue weighted by Gasteiger charge is 2.74. The number of aldehydes is 1. The van der Waals surface area contributed by atoms with Gasteiger partial charge in [-0.1, -0.05) is 72.8 Å². The first-order valence-electron chi connectivity index (χ1n) is 19.0. The summed E-state index contributed by atoms with van der Waals surface area (Å²) in [7, 11) is 1.99. The Bertz CT molecular complexity index is 2080. The van der Waals surface area contributed by atoms with E-state index in [9.17, 15) is 47.7 Å². The molecule has 0 radical (unpaired) electrons. The van der Waals surface area contributed by atoms with Gasteiger partial charge in [-0.25, -0.2) is 0 Å². The van der Waals surface area contributed by atoms with Crippen LogP contribution in [0.1, 0.15) is 65.7 Å². The minimum atomic E-state index is -4.64. The highest BCUT2D eigenvalue weighted by atomic mass is 19.4. The largest absolute Gasteiger partial charge is 0.481 e. The minimum absolute atomic E-state index is 0.0564. The number of carbonyl (C=O) groups is 5. The van der Waals surface area contributed by atoms with Gasteiger partial charge in [-0.2, -0.15) is 13.2 Å². The standard InChI is InChI=1S/C40H43N3O10.C2HF3O/c1-43-21-18-39-32-26-12-13-27(23-44)35(32)52-36(39)28(51-30(45)15-19-41-37(49)33(47)24-8-4-2-5-9-24)14-17-40(39,29(43)22-26)53-31(46)16-20-42-38(50)34(48)25-10-6-3-7-11-25;3-2(4,5)1-6/h2-14,29,33-34,36,44,47-48H,15-23H2,1H3,(H,41,49)(H,42,50);1H/t29-,33+,34+,36+,39+,40-;/m1./s1. The van der Waals surface area contributed by atoms with Gasteiger partial charge in [0.25, 0.3) is 11.8 Å². The molecular weight excluding hydrogens is 779 g/mol. The van der Waals surface area contributed by atoms with Crippen molar-refractivity contribution in [2.24, 2.45) is 0 Å². The molecule has 1 saturated heterocycles. The Hall–Kier alpha value is -5.62. The molecular formula is C42H44F3N3O11. The van der Waals surface area contributed by atoms with Gasteiger partial charge in [-0.15, -0.1) is 0 Å². The van der Waals surface area contributed by atoms with Crippen LogP contribution in [0.25, 0.3) is 0 Å². The SMILES string of the molecule is CN1CC[C@]23c4c5ccc(CO)c4O[C@H]2C(OC(=O)CCNC(=O)[C@@H](O)c2ccccc2)=CC[C@@]3(OC(=O)CCNC(=O)[C@@H](O)c2ccccc2)[C@H]1C5.O=CC(F)(F)F. The Kier molecular flexibility index (Phi) is 12.9. The molecule has 3 aromatic rings. The minimum Gasteiger partial charge on any atom is -0.481 e. The molecule has 2 aliphatic heterocycles. The summed E-state index contributed by atoms with van der Waals surface area (Å²) in [6.07, 6.45) is -6.69. The molecule has 17 heteroatoms. The maximum Gasteiger partial charge on any atom is 0.446 e. The molecule has 1 spiro atoms. The van der Waals surface area contributed by atoms with Crippen molar-refractivity contribution < 1.29 is 66.7 Å². The first-order valence-corrected chi connectivity index (χ1v) is 19.0. The third kappa shape index (κ3) is 8.59. The summed E-state index contributed by atoms with van der Waals surface area (Å²) in [5, 5.41) is 36.4. The Balaban J connectivity index is 0.000000908. The first-order chi connectivity index (χ1) is 28.2. The van der Waals surface area contributed by atoms with E-state index in [1.165, 1.54) is 0 Å². The average molecular weight is 824 g/mol. The number of esters is 2. The summed E-state index contributed by atoms with van der Waals surface area (Å²) in [6.45, 7) is 0.219. The Morgan fingerprint density at radius 1 is 0.915 bits per heavy atom. The highest BCUT2D eigenvalue weighted by molar-refractivity contribution is 5.83. The molecule has 14 nitrogen and oxygen atoms in total. The lowest BCUT2D eigenvalue weighted by atomic mass is 9.50. The fraction of sp³-hybridized carbons (Fsp3) is 0.405. The van der Waals surface area contributed by atoms with Crippen LogP contribution in [0, 0.1) is 0 Å². The lowest BCUT2D eigenvalue weighted by Crippen LogP contribution is -2.75. The van der Waals surface area contributed by atoms with Crippen LogP contribution in [0.3, 0.4) is 0 Å². The van der Waals surface area contributed by atoms with E-state index in [-0.39, 0.29) is 50.8 Å². The molecule has 6 atom stereocenters. The Morgan fingerprint density at radius 3 is 2.02 bits per heavy atom. The van der Waals surface area contributed by atoms with Gasteiger partial charge in [-0.3, -0.25) is 28.9 Å². The average Bonchev–Trinajstić information content (AvgIpc) is 3.59. The van der Waals surface area contributed by atoms with Gasteiger partial charge in [0.05, 0.1) is 30.9 Å². The topological polar surface area (TPSA) is 201 Å². The number of ether oxygens (including phenoxy) is 3. The normalized spacial score (nSPS) is 23.4. The van der Waals surface area contributed by atoms with E-state index in [0.29, 0.717) is 41.8 Å². The maximum atomic E-state index is 13.8. The molecule has 0 saturated carbocycles. The second-order valence-corrected chi connectivity index (χ2v) is 14.7. The highest BCUT2D eigenvalue weighted by Crippen LogP contribution is 2.65. The van der Waals surface area contributed by atoms with Gasteiger partial charge in [0.1, 0.15) is 17.1 Å². The smallest absolute Gasteiger partial charge is 0.446 e. The van der Waals surface area contributed by atoms with Gasteiger partial charge in [0, 0.05) is 30.6 Å². The predicted molar refractivity (Wildman–Crippen MR) is 201 cm³/mol. The first kappa shape index (κ1) is 43.0. The number of nitrogens with one attached hydrogen (secondary N) is 2. The van der Waals surface area contributed by atoms with E-state index in [4.69, 9.17) is 19.0 Å². The molecule has 5 N–H and O–H groups in total. The number of rotatable bonds is 13. The molecule has 2 bridgehead atoms. The number of amides is 2. The second kappa shape index (κ2) is 17.7. The second-order valence-electron chi connectivity index (χ2n) is 14.7. The van der Waals surface area contributed by atoms with Crippen molar-refractivity contribution in [3.63, 3.8) is 0 Å². The number of aliphatic hydroxyl groups is 3. The van der Waals surface area contributed by atoms with Crippen molar-refractivity contribution >= 4 is 30.0 Å². The van der Waals surface area contributed by atoms with Crippen LogP contribution in [0.2, 0.25) is 0 Å². The van der Waals surface area contributed by atoms with Crippen molar-refractivity contribution in [1.29, 1.82) is 0 Å². The van der Waals surface area contributed by atoms with Crippen LogP contribution < -0.4 is 15.4 Å². The van der Waals surface area contributed by atoms with Crippen molar-refractivity contribution in [2.75, 3.05) is 26.7 Å². The van der Waals surface area contributed by atoms with Crippen molar-refractivity contribution in [3.05, 3.63) is 112 Å². The molecule has 2 aliphatic carbocycles. The van der Waals surface area contributed by atoms with E-state index in [1.54, 1.807) is 66.7 Å². The summed E-state index contributed by atoms with van der Waals surface area (Å²) in [5.41, 5.74) is 1.17. The predicted octanol–water partition coefficient (Wildman–Crippen LogP) is 2.78. The van der Waals surface area contributed by atoms with Crippen LogP contribution in [0.4, 0.5) is 13.2 Å². The van der Waals surface area contributed by atoms with Crippen molar-refractivity contribution in [2.45, 2.75) is 80.3 Å². The number of carbonyl (C=O) groups excluding carboxylic acids is 5. The lowest BCUT2D eigenvalue weighted by Gasteiger charge is -2.62. The zero-order chi connectivity index (χ0) is 42.5. The van der Waals surface area contributed by atoms with Crippen molar-refractivity contribution in [1.82, 2.24) is 15.5 Å². The monoisotopic (exact) mass is 823 g/mol. The number of piperidine rings is 1. The summed E-state index contributed by atoms with van der Waals surface area (Å²) < 4.78 is 50.4. The fourth-order valence-corrected chi connectivity index (χ4v) is 8.58. The van der Waals surface area contributed by atoms with Crippen LogP contribution in [-0.2, 0) is 51.9 Å². The van der Waals surface area contributed by atoms with E-state index in [0.717, 1.165) is 11.1 Å². The summed E-state index contributed by atoms with van der Waals surface area (Å²) in [4.78, 5) is 63.1. The van der Waals surface area contributed by atoms with Crippen LogP contribution >= 0.6 is 0 Å². The number of nitrogens with zero attached hydrogens (tertiary/aromatic N) is 1. The summed E-state index contributed by atoms with van der Waals surface area (Å²) in [5.74, 6) is -1.69. The van der Waals surface area contributed by atoms with E-state index >= 15 is 0 Å². The molecule has 4 aliphatic rings. The molecule has 2 amide bonds. The van der Waals surface area contributed by atoms with Crippen molar-refractivity contribution in [3.8, 4) is 5.75 Å². The zero-order valence-electron chi connectivity index (χ0n) is 31.9. The molecule has 0 unspecified atom stereocenters. The molecule has 2 heterocycles. The number of hydrogen-bond donors (Lipinski definition) is 5. The quantitative estimate of drug-likeness (QED) is 0.125. The third-order valence-corrected chi connectivity index (χ3v) is 11.2. The number of alkyl halides is 3. The number of benzene rings is 3. The Labute approximate surface area is 336 Å². The van der Waals surface area contributed by atoms with Gasteiger partial charge < -0.3 is 40.2 Å². The van der Waals surface area contributed by atoms with E-state index < -0.39 is 65.5 Å². The molecule has 3 aromatic carbocycles. The molecule has 314 valence electrons. The van der Waals surface area contributed by atoms with Gasteiger partial charge >= 0.3 is 18.1 Å². The van der Waals surface area contributed by atoms with E-state index in [1.807, 2.05) is 19.2 Å². The number of hydrogen-bond acceptors (Lipinski definition) is 12. The number of likely N-dealkylation sites (tertiary alicyclic amines) is 1. The van der Waals surface area contributed by atoms with Crippen LogP contribution in [-0.4, -0.2) is 101 Å². The van der Waals surface area contributed by atoms with Gasteiger partial charge in [-0.05, 0) is 49.2 Å². The van der Waals surface area contributed by atoms with Gasteiger partial charge in [0.2, 0.25) is 6.29 Å². The maximum absolute atomic E-state index is 13.8. The molecule has 1 fully saturated rings. The molecule has 7 rings (SSSR count). The number of halogens is 3. The summed E-state index contributed by atoms with van der Waals surface area (Å²) in [6, 6.07) is 20.5. The summed E-state index contributed by atoms with van der Waals surface area (Å²) >= 11 is 0. The Morgan fingerprint density at radius 2 is 1.47 bits per heavy atom.